The summed E-state index contributed by atoms with van der Waals surface area (Å²) in [7, 11) is -3.77. The summed E-state index contributed by atoms with van der Waals surface area (Å²) in [5.74, 6) is -0.295. The minimum absolute atomic E-state index is 0.134. The van der Waals surface area contributed by atoms with Crippen molar-refractivity contribution in [3.8, 4) is 0 Å². The van der Waals surface area contributed by atoms with Crippen molar-refractivity contribution in [3.05, 3.63) is 87.9 Å². The van der Waals surface area contributed by atoms with Crippen LogP contribution in [0.1, 0.15) is 34.0 Å². The molecule has 5 nitrogen and oxygen atoms in total. The van der Waals surface area contributed by atoms with Crippen LogP contribution in [0.25, 0.3) is 0 Å². The smallest absolute Gasteiger partial charge is 0.261 e. The zero-order valence-corrected chi connectivity index (χ0v) is 18.6. The Balaban J connectivity index is 1.84. The zero-order chi connectivity index (χ0) is 21.9. The van der Waals surface area contributed by atoms with Gasteiger partial charge in [0.25, 0.3) is 15.9 Å². The van der Waals surface area contributed by atoms with Gasteiger partial charge >= 0.3 is 0 Å². The number of carbonyl (C=O) groups excluding carboxylic acids is 1. The molecule has 0 radical (unpaired) electrons. The van der Waals surface area contributed by atoms with Gasteiger partial charge in [0.15, 0.2) is 0 Å². The molecule has 0 saturated heterocycles. The standard InChI is InChI=1S/C23H23ClN2O3S/c1-4-17-7-5-6-15(2)22(17)26-30(28,29)20-12-13-21(16(3)14-20)25-23(27)18-8-10-19(24)11-9-18/h5-14,26H,4H2,1-3H3,(H,25,27). The van der Waals surface area contributed by atoms with E-state index in [4.69, 9.17) is 11.6 Å². The minimum atomic E-state index is -3.77. The van der Waals surface area contributed by atoms with Crippen molar-refractivity contribution in [1.82, 2.24) is 0 Å². The molecule has 30 heavy (non-hydrogen) atoms. The molecular weight excluding hydrogens is 420 g/mol. The molecule has 0 aliphatic heterocycles. The molecule has 0 spiro atoms. The lowest BCUT2D eigenvalue weighted by molar-refractivity contribution is 0.102. The third kappa shape index (κ3) is 4.83. The largest absolute Gasteiger partial charge is 0.322 e. The fourth-order valence-corrected chi connectivity index (χ4v) is 4.49. The van der Waals surface area contributed by atoms with Gasteiger partial charge in [-0.15, -0.1) is 0 Å². The predicted octanol–water partition coefficient (Wildman–Crippen LogP) is 5.57. The average molecular weight is 443 g/mol. The molecule has 2 N–H and O–H groups in total. The zero-order valence-electron chi connectivity index (χ0n) is 17.0. The topological polar surface area (TPSA) is 75.3 Å². The normalized spacial score (nSPS) is 11.2. The number of para-hydroxylation sites is 1. The summed E-state index contributed by atoms with van der Waals surface area (Å²) in [6, 6.07) is 16.8. The summed E-state index contributed by atoms with van der Waals surface area (Å²) >= 11 is 5.85. The molecule has 0 heterocycles. The van der Waals surface area contributed by atoms with Gasteiger partial charge in [0.2, 0.25) is 0 Å². The van der Waals surface area contributed by atoms with Crippen molar-refractivity contribution < 1.29 is 13.2 Å². The Morgan fingerprint density at radius 2 is 1.67 bits per heavy atom. The van der Waals surface area contributed by atoms with Crippen LogP contribution in [0.15, 0.2) is 65.6 Å². The fraction of sp³-hybridized carbons (Fsp3) is 0.174. The second-order valence-corrected chi connectivity index (χ2v) is 9.12. The highest BCUT2D eigenvalue weighted by Crippen LogP contribution is 2.26. The van der Waals surface area contributed by atoms with Gasteiger partial charge in [0.1, 0.15) is 0 Å². The monoisotopic (exact) mass is 442 g/mol. The van der Waals surface area contributed by atoms with Gasteiger partial charge in [0, 0.05) is 16.3 Å². The summed E-state index contributed by atoms with van der Waals surface area (Å²) in [6.45, 7) is 5.61. The second kappa shape index (κ2) is 8.90. The lowest BCUT2D eigenvalue weighted by atomic mass is 10.1. The maximum absolute atomic E-state index is 13.0. The van der Waals surface area contributed by atoms with Gasteiger partial charge < -0.3 is 5.32 Å². The van der Waals surface area contributed by atoms with Crippen LogP contribution in [-0.4, -0.2) is 14.3 Å². The number of halogens is 1. The van der Waals surface area contributed by atoms with Gasteiger partial charge in [-0.2, -0.15) is 0 Å². The Kier molecular flexibility index (Phi) is 6.48. The average Bonchev–Trinajstić information content (AvgIpc) is 2.71. The first-order valence-electron chi connectivity index (χ1n) is 9.50. The molecule has 7 heteroatoms. The van der Waals surface area contributed by atoms with Crippen molar-refractivity contribution in [2.75, 3.05) is 10.0 Å². The first kappa shape index (κ1) is 21.9. The summed E-state index contributed by atoms with van der Waals surface area (Å²) in [4.78, 5) is 12.6. The maximum atomic E-state index is 13.0. The van der Waals surface area contributed by atoms with E-state index in [1.165, 1.54) is 6.07 Å². The van der Waals surface area contributed by atoms with E-state index in [-0.39, 0.29) is 10.8 Å². The number of carbonyl (C=O) groups is 1. The van der Waals surface area contributed by atoms with Gasteiger partial charge in [-0.25, -0.2) is 8.42 Å². The Bertz CT molecular complexity index is 1190. The predicted molar refractivity (Wildman–Crippen MR) is 122 cm³/mol. The lowest BCUT2D eigenvalue weighted by Crippen LogP contribution is -2.16. The Morgan fingerprint density at radius 3 is 2.30 bits per heavy atom. The van der Waals surface area contributed by atoms with Crippen molar-refractivity contribution in [3.63, 3.8) is 0 Å². The van der Waals surface area contributed by atoms with Crippen LogP contribution in [0.4, 0.5) is 11.4 Å². The van der Waals surface area contributed by atoms with E-state index in [0.717, 1.165) is 11.1 Å². The second-order valence-electron chi connectivity index (χ2n) is 7.01. The number of rotatable bonds is 6. The van der Waals surface area contributed by atoms with Crippen LogP contribution in [0.2, 0.25) is 5.02 Å². The van der Waals surface area contributed by atoms with E-state index in [1.807, 2.05) is 32.0 Å². The molecule has 3 aromatic rings. The van der Waals surface area contributed by atoms with Gasteiger partial charge in [0.05, 0.1) is 10.6 Å². The van der Waals surface area contributed by atoms with E-state index in [9.17, 15) is 13.2 Å². The molecule has 0 aromatic heterocycles. The molecular formula is C23H23ClN2O3S. The third-order valence-corrected chi connectivity index (χ3v) is 6.44. The third-order valence-electron chi connectivity index (χ3n) is 4.84. The van der Waals surface area contributed by atoms with Crippen molar-refractivity contribution in [2.45, 2.75) is 32.1 Å². The van der Waals surface area contributed by atoms with Crippen LogP contribution >= 0.6 is 11.6 Å². The number of hydrogen-bond donors (Lipinski definition) is 2. The van der Waals surface area contributed by atoms with Crippen LogP contribution in [0.3, 0.4) is 0 Å². The molecule has 0 unspecified atom stereocenters. The minimum Gasteiger partial charge on any atom is -0.322 e. The number of hydrogen-bond acceptors (Lipinski definition) is 3. The lowest BCUT2D eigenvalue weighted by Gasteiger charge is -2.15. The van der Waals surface area contributed by atoms with E-state index in [0.29, 0.717) is 33.9 Å². The first-order chi connectivity index (χ1) is 14.2. The van der Waals surface area contributed by atoms with E-state index in [2.05, 4.69) is 10.0 Å². The number of benzene rings is 3. The SMILES string of the molecule is CCc1cccc(C)c1NS(=O)(=O)c1ccc(NC(=O)c2ccc(Cl)cc2)c(C)c1. The highest BCUT2D eigenvalue weighted by molar-refractivity contribution is 7.92. The molecule has 0 saturated carbocycles. The number of sulfonamides is 1. The Hall–Kier alpha value is -2.83. The summed E-state index contributed by atoms with van der Waals surface area (Å²) in [6.07, 6.45) is 0.716. The van der Waals surface area contributed by atoms with Crippen molar-refractivity contribution >= 4 is 38.9 Å². The van der Waals surface area contributed by atoms with Crippen LogP contribution in [0, 0.1) is 13.8 Å². The molecule has 0 atom stereocenters. The summed E-state index contributed by atoms with van der Waals surface area (Å²) < 4.78 is 28.6. The van der Waals surface area contributed by atoms with Crippen LogP contribution in [0.5, 0.6) is 0 Å². The molecule has 3 rings (SSSR count). The Labute approximate surface area is 182 Å². The van der Waals surface area contributed by atoms with Crippen molar-refractivity contribution in [2.24, 2.45) is 0 Å². The number of amides is 1. The maximum Gasteiger partial charge on any atom is 0.261 e. The van der Waals surface area contributed by atoms with E-state index < -0.39 is 10.0 Å². The Morgan fingerprint density at radius 1 is 0.967 bits per heavy atom. The molecule has 1 amide bonds. The number of nitrogens with one attached hydrogen (secondary N) is 2. The quantitative estimate of drug-likeness (QED) is 0.523. The highest BCUT2D eigenvalue weighted by atomic mass is 35.5. The van der Waals surface area contributed by atoms with Gasteiger partial charge in [-0.3, -0.25) is 9.52 Å². The highest BCUT2D eigenvalue weighted by Gasteiger charge is 2.18. The van der Waals surface area contributed by atoms with Crippen LogP contribution in [-0.2, 0) is 16.4 Å². The molecule has 0 aliphatic carbocycles. The van der Waals surface area contributed by atoms with Gasteiger partial charge in [-0.1, -0.05) is 36.7 Å². The first-order valence-corrected chi connectivity index (χ1v) is 11.4. The number of anilines is 2. The fourth-order valence-electron chi connectivity index (χ4n) is 3.10. The molecule has 0 bridgehead atoms. The van der Waals surface area contributed by atoms with Crippen LogP contribution < -0.4 is 10.0 Å². The van der Waals surface area contributed by atoms with E-state index >= 15 is 0 Å². The summed E-state index contributed by atoms with van der Waals surface area (Å²) in [5.41, 5.74) is 4.05. The summed E-state index contributed by atoms with van der Waals surface area (Å²) in [5, 5.41) is 3.35. The van der Waals surface area contributed by atoms with Crippen molar-refractivity contribution in [1.29, 1.82) is 0 Å². The van der Waals surface area contributed by atoms with E-state index in [1.54, 1.807) is 43.3 Å². The molecule has 3 aromatic carbocycles. The van der Waals surface area contributed by atoms with Gasteiger partial charge in [-0.05, 0) is 79.4 Å². The molecule has 156 valence electrons. The number of aryl methyl sites for hydroxylation is 3. The molecule has 0 fully saturated rings. The molecule has 0 aliphatic rings.